The van der Waals surface area contributed by atoms with E-state index >= 15 is 0 Å². The van der Waals surface area contributed by atoms with Crippen molar-refractivity contribution in [3.8, 4) is 0 Å². The van der Waals surface area contributed by atoms with Crippen LogP contribution in [0, 0.1) is 0 Å². The molecule has 0 aliphatic rings. The van der Waals surface area contributed by atoms with Crippen molar-refractivity contribution in [3.63, 3.8) is 0 Å². The van der Waals surface area contributed by atoms with Gasteiger partial charge in [0.1, 0.15) is 0 Å². The summed E-state index contributed by atoms with van der Waals surface area (Å²) in [7, 11) is 0. The molecule has 0 rings (SSSR count). The number of rotatable bonds is 0. The van der Waals surface area contributed by atoms with Gasteiger partial charge in [0.05, 0.1) is 0 Å². The van der Waals surface area contributed by atoms with Crippen LogP contribution in [-0.2, 0) is 0 Å². The van der Waals surface area contributed by atoms with E-state index in [0.29, 0.717) is 0 Å². The van der Waals surface area contributed by atoms with Gasteiger partial charge in [-0.2, -0.15) is 8.78 Å². The van der Waals surface area contributed by atoms with E-state index < -0.39 is 10.6 Å². The minimum atomic E-state index is -1.28. The third-order valence-corrected chi connectivity index (χ3v) is 0.378. The van der Waals surface area contributed by atoms with Crippen LogP contribution >= 0.6 is 23.2 Å². The molecule has 4 heteroatoms. The van der Waals surface area contributed by atoms with Crippen LogP contribution in [0.2, 0.25) is 0 Å². The van der Waals surface area contributed by atoms with Crippen molar-refractivity contribution in [1.29, 1.82) is 0 Å². The first kappa shape index (κ1) is 6.96. The smallest absolute Gasteiger partial charge is 0.184 e. The zero-order chi connectivity index (χ0) is 5.86. The summed E-state index contributed by atoms with van der Waals surface area (Å²) < 4.78 is 22.4. The lowest BCUT2D eigenvalue weighted by molar-refractivity contribution is 0.673. The normalized spacial score (nSPS) is 7.43. The van der Waals surface area contributed by atoms with Gasteiger partial charge in [0.15, 0.2) is 0 Å². The fraction of sp³-hybridized carbons (Fsp3) is 0. The van der Waals surface area contributed by atoms with Crippen LogP contribution in [0.4, 0.5) is 8.78 Å². The molecule has 0 aliphatic heterocycles. The summed E-state index contributed by atoms with van der Waals surface area (Å²) in [4.78, 5) is 0. The third-order valence-electron chi connectivity index (χ3n) is 0.189. The molecule has 0 bridgehead atoms. The Hall–Kier alpha value is -0.0400. The second-order valence-corrected chi connectivity index (χ2v) is 1.31. The molecule has 0 saturated heterocycles. The van der Waals surface area contributed by atoms with Crippen molar-refractivity contribution in [2.45, 2.75) is 0 Å². The zero-order valence-electron chi connectivity index (χ0n) is 3.01. The molecule has 0 aliphatic carbocycles. The maximum absolute atomic E-state index is 11.2. The van der Waals surface area contributed by atoms with Crippen molar-refractivity contribution in [3.05, 3.63) is 16.3 Å². The Morgan fingerprint density at radius 2 is 1.43 bits per heavy atom. The number of hydrogen-bond acceptors (Lipinski definition) is 0. The van der Waals surface area contributed by atoms with Crippen LogP contribution in [0.3, 0.4) is 0 Å². The highest BCUT2D eigenvalue weighted by atomic mass is 35.5. The highest BCUT2D eigenvalue weighted by Gasteiger charge is 1.82. The summed E-state index contributed by atoms with van der Waals surface area (Å²) in [5.41, 5.74) is 1.34. The number of halogens is 4. The summed E-state index contributed by atoms with van der Waals surface area (Å²) in [5, 5.41) is -2.57. The minimum Gasteiger partial charge on any atom is -0.184 e. The molecule has 0 nitrogen and oxygen atoms in total. The van der Waals surface area contributed by atoms with E-state index in [0.717, 1.165) is 0 Å². The topological polar surface area (TPSA) is 0 Å². The summed E-state index contributed by atoms with van der Waals surface area (Å²) in [6.45, 7) is 0. The van der Waals surface area contributed by atoms with E-state index in [4.69, 9.17) is 0 Å². The molecule has 0 spiro atoms. The molecule has 0 amide bonds. The fourth-order valence-corrected chi connectivity index (χ4v) is 0.286. The van der Waals surface area contributed by atoms with Gasteiger partial charge < -0.3 is 0 Å². The highest BCUT2D eigenvalue weighted by Crippen LogP contribution is 2.05. The van der Waals surface area contributed by atoms with Crippen LogP contribution in [0.5, 0.6) is 0 Å². The van der Waals surface area contributed by atoms with Crippen LogP contribution in [-0.4, -0.2) is 0 Å². The Labute approximate surface area is 49.0 Å². The van der Waals surface area contributed by atoms with Gasteiger partial charge in [0.25, 0.3) is 0 Å². The van der Waals surface area contributed by atoms with Crippen LogP contribution in [0.25, 0.3) is 0 Å². The molecule has 0 atom stereocenters. The molecule has 0 unspecified atom stereocenters. The van der Waals surface area contributed by atoms with Gasteiger partial charge in [-0.05, 0) is 28.9 Å². The van der Waals surface area contributed by atoms with E-state index in [1.54, 1.807) is 0 Å². The fourth-order valence-electron chi connectivity index (χ4n) is 0.0714. The Morgan fingerprint density at radius 1 is 1.14 bits per heavy atom. The quantitative estimate of drug-likeness (QED) is 0.459. The standard InChI is InChI=1S/C3Cl2F2/c4-2(6)1-3(5)7. The van der Waals surface area contributed by atoms with Gasteiger partial charge in [-0.15, -0.1) is 0 Å². The predicted octanol–water partition coefficient (Wildman–Crippen LogP) is 2.68. The van der Waals surface area contributed by atoms with E-state index in [9.17, 15) is 8.78 Å². The van der Waals surface area contributed by atoms with Gasteiger partial charge in [-0.25, -0.2) is 0 Å². The van der Waals surface area contributed by atoms with Gasteiger partial charge in [0, 0.05) is 0 Å². The molecular weight excluding hydrogens is 145 g/mol. The molecule has 0 aromatic heterocycles. The summed E-state index contributed by atoms with van der Waals surface area (Å²) in [6.07, 6.45) is 0. The molecule has 0 saturated carbocycles. The van der Waals surface area contributed by atoms with Gasteiger partial charge in [0.2, 0.25) is 10.6 Å². The molecule has 0 N–H and O–H groups in total. The zero-order valence-corrected chi connectivity index (χ0v) is 4.52. The second-order valence-electron chi connectivity index (χ2n) is 0.646. The minimum absolute atomic E-state index is 1.28. The predicted molar refractivity (Wildman–Crippen MR) is 24.5 cm³/mol. The molecule has 7 heavy (non-hydrogen) atoms. The first-order valence-corrected chi connectivity index (χ1v) is 2.01. The molecule has 0 radical (unpaired) electrons. The van der Waals surface area contributed by atoms with Crippen LogP contribution in [0.15, 0.2) is 16.3 Å². The SMILES string of the molecule is FC(Cl)=C=C(F)Cl. The van der Waals surface area contributed by atoms with Gasteiger partial charge >= 0.3 is 0 Å². The van der Waals surface area contributed by atoms with E-state index in [1.807, 2.05) is 0 Å². The van der Waals surface area contributed by atoms with Crippen molar-refractivity contribution in [2.75, 3.05) is 0 Å². The molecule has 0 aromatic rings. The average Bonchev–Trinajstić information content (AvgIpc) is 1.27. The largest absolute Gasteiger partial charge is 0.236 e. The first-order chi connectivity index (χ1) is 3.13. The molecule has 0 heterocycles. The third kappa shape index (κ3) is 5.96. The second kappa shape index (κ2) is 3.03. The Bertz CT molecular complexity index is 103. The first-order valence-electron chi connectivity index (χ1n) is 1.26. The average molecular weight is 145 g/mol. The molecular formula is C3Cl2F2. The molecule has 0 aromatic carbocycles. The van der Waals surface area contributed by atoms with Crippen molar-refractivity contribution in [1.82, 2.24) is 0 Å². The maximum atomic E-state index is 11.2. The summed E-state index contributed by atoms with van der Waals surface area (Å²) >= 11 is 8.93. The number of hydrogen-bond donors (Lipinski definition) is 0. The van der Waals surface area contributed by atoms with E-state index in [-0.39, 0.29) is 0 Å². The van der Waals surface area contributed by atoms with Crippen LogP contribution < -0.4 is 0 Å². The molecule has 40 valence electrons. The van der Waals surface area contributed by atoms with Gasteiger partial charge in [-0.1, -0.05) is 0 Å². The van der Waals surface area contributed by atoms with Crippen molar-refractivity contribution >= 4 is 23.2 Å². The monoisotopic (exact) mass is 144 g/mol. The van der Waals surface area contributed by atoms with Crippen LogP contribution in [0.1, 0.15) is 0 Å². The van der Waals surface area contributed by atoms with Crippen molar-refractivity contribution in [2.24, 2.45) is 0 Å². The summed E-state index contributed by atoms with van der Waals surface area (Å²) in [6, 6.07) is 0. The Morgan fingerprint density at radius 3 is 1.43 bits per heavy atom. The highest BCUT2D eigenvalue weighted by molar-refractivity contribution is 6.30. The van der Waals surface area contributed by atoms with E-state index in [2.05, 4.69) is 23.2 Å². The maximum Gasteiger partial charge on any atom is 0.236 e. The lowest BCUT2D eigenvalue weighted by Gasteiger charge is -1.66. The Kier molecular flexibility index (Phi) is 3.01. The Balaban J connectivity index is 4.13. The van der Waals surface area contributed by atoms with Gasteiger partial charge in [-0.3, -0.25) is 0 Å². The van der Waals surface area contributed by atoms with E-state index in [1.165, 1.54) is 5.73 Å². The lowest BCUT2D eigenvalue weighted by Crippen LogP contribution is -1.46. The lowest BCUT2D eigenvalue weighted by atomic mass is 10.9. The van der Waals surface area contributed by atoms with Crippen molar-refractivity contribution < 1.29 is 8.78 Å². The molecule has 0 fully saturated rings. The summed E-state index contributed by atoms with van der Waals surface area (Å²) in [5.74, 6) is 0.